The second-order valence-corrected chi connectivity index (χ2v) is 3.52. The summed E-state index contributed by atoms with van der Waals surface area (Å²) in [5.41, 5.74) is 1.30. The van der Waals surface area contributed by atoms with E-state index in [1.54, 1.807) is 6.21 Å². The van der Waals surface area contributed by atoms with Crippen molar-refractivity contribution in [3.63, 3.8) is 0 Å². The highest BCUT2D eigenvalue weighted by Gasteiger charge is 2.16. The van der Waals surface area contributed by atoms with Gasteiger partial charge in [0.25, 0.3) is 0 Å². The quantitative estimate of drug-likeness (QED) is 0.431. The van der Waals surface area contributed by atoms with Gasteiger partial charge in [0.1, 0.15) is 0 Å². The summed E-state index contributed by atoms with van der Waals surface area (Å²) in [6.07, 6.45) is 2.68. The van der Waals surface area contributed by atoms with Crippen molar-refractivity contribution in [2.45, 2.75) is 41.0 Å². The number of nitrogens with zero attached hydrogens (tertiary/aromatic N) is 2. The van der Waals surface area contributed by atoms with Crippen LogP contribution in [0.15, 0.2) is 10.2 Å². The smallest absolute Gasteiger partial charge is 0.0456 e. The van der Waals surface area contributed by atoms with Crippen molar-refractivity contribution in [3.8, 4) is 0 Å². The Bertz CT molecular complexity index is 161. The molecule has 64 valence electrons. The number of hydrogen-bond donors (Lipinski definition) is 0. The summed E-state index contributed by atoms with van der Waals surface area (Å²) in [7, 11) is 0. The Morgan fingerprint density at radius 2 is 1.91 bits per heavy atom. The van der Waals surface area contributed by atoms with Gasteiger partial charge in [0.05, 0.1) is 0 Å². The van der Waals surface area contributed by atoms with Crippen molar-refractivity contribution < 1.29 is 0 Å². The van der Waals surface area contributed by atoms with Crippen LogP contribution in [0.1, 0.15) is 41.0 Å². The van der Waals surface area contributed by atoms with Gasteiger partial charge in [-0.2, -0.15) is 10.2 Å². The van der Waals surface area contributed by atoms with Gasteiger partial charge in [-0.05, 0) is 13.3 Å². The molecule has 0 aliphatic rings. The summed E-state index contributed by atoms with van der Waals surface area (Å²) < 4.78 is 0. The molecule has 0 atom stereocenters. The van der Waals surface area contributed by atoms with Crippen molar-refractivity contribution in [2.24, 2.45) is 15.6 Å². The van der Waals surface area contributed by atoms with Crippen LogP contribution in [0.4, 0.5) is 0 Å². The topological polar surface area (TPSA) is 24.7 Å². The molecule has 0 saturated heterocycles. The minimum absolute atomic E-state index is 0.154. The molecule has 0 rings (SSSR count). The second-order valence-electron chi connectivity index (χ2n) is 3.52. The van der Waals surface area contributed by atoms with Crippen LogP contribution in [-0.2, 0) is 0 Å². The zero-order chi connectivity index (χ0) is 8.91. The Labute approximate surface area is 69.4 Å². The molecule has 0 fully saturated rings. The Balaban J connectivity index is 4.40. The predicted octanol–water partition coefficient (Wildman–Crippen LogP) is 2.89. The maximum Gasteiger partial charge on any atom is 0.0456 e. The summed E-state index contributed by atoms with van der Waals surface area (Å²) in [6, 6.07) is 0. The predicted molar refractivity (Wildman–Crippen MR) is 51.3 cm³/mol. The highest BCUT2D eigenvalue weighted by atomic mass is 15.2. The summed E-state index contributed by atoms with van der Waals surface area (Å²) in [5.74, 6) is 0. The van der Waals surface area contributed by atoms with E-state index in [2.05, 4.69) is 37.9 Å². The van der Waals surface area contributed by atoms with Crippen molar-refractivity contribution in [2.75, 3.05) is 0 Å². The number of hydrogen-bond acceptors (Lipinski definition) is 2. The van der Waals surface area contributed by atoms with Gasteiger partial charge in [-0.15, -0.1) is 0 Å². The van der Waals surface area contributed by atoms with E-state index in [9.17, 15) is 0 Å². The van der Waals surface area contributed by atoms with Gasteiger partial charge in [0.15, 0.2) is 0 Å². The van der Waals surface area contributed by atoms with E-state index in [1.165, 1.54) is 0 Å². The first-order valence-corrected chi connectivity index (χ1v) is 4.07. The first-order chi connectivity index (χ1) is 5.02. The molecule has 0 aliphatic heterocycles. The van der Waals surface area contributed by atoms with E-state index in [-0.39, 0.29) is 5.41 Å². The van der Waals surface area contributed by atoms with Gasteiger partial charge < -0.3 is 0 Å². The minimum Gasteiger partial charge on any atom is -0.164 e. The molecule has 0 N–H and O–H groups in total. The van der Waals surface area contributed by atoms with E-state index in [0.29, 0.717) is 0 Å². The average molecular weight is 154 g/mol. The summed E-state index contributed by atoms with van der Waals surface area (Å²) in [5, 5.41) is 7.99. The molecule has 0 aromatic carbocycles. The van der Waals surface area contributed by atoms with Crippen LogP contribution < -0.4 is 0 Å². The third-order valence-corrected chi connectivity index (χ3v) is 1.49. The monoisotopic (exact) mass is 154 g/mol. The van der Waals surface area contributed by atoms with Crippen LogP contribution in [0.3, 0.4) is 0 Å². The van der Waals surface area contributed by atoms with Gasteiger partial charge in [0.2, 0.25) is 0 Å². The summed E-state index contributed by atoms with van der Waals surface area (Å²) >= 11 is 0. The van der Waals surface area contributed by atoms with Crippen LogP contribution in [0.2, 0.25) is 0 Å². The van der Waals surface area contributed by atoms with E-state index in [4.69, 9.17) is 0 Å². The molecule has 0 bridgehead atoms. The highest BCUT2D eigenvalue weighted by molar-refractivity contribution is 5.89. The molecule has 0 aromatic heterocycles. The zero-order valence-corrected chi connectivity index (χ0v) is 8.18. The third kappa shape index (κ3) is 3.91. The Morgan fingerprint density at radius 3 is 2.18 bits per heavy atom. The molecule has 0 aromatic rings. The SMILES string of the molecule is C/C=N/N=C(/CC)C(C)(C)C. The van der Waals surface area contributed by atoms with Crippen molar-refractivity contribution in [1.82, 2.24) is 0 Å². The lowest BCUT2D eigenvalue weighted by molar-refractivity contribution is 0.577. The van der Waals surface area contributed by atoms with Gasteiger partial charge in [-0.25, -0.2) is 0 Å². The molecule has 0 aliphatic carbocycles. The first kappa shape index (κ1) is 10.3. The normalized spacial score (nSPS) is 14.5. The first-order valence-electron chi connectivity index (χ1n) is 4.07. The molecule has 0 spiro atoms. The highest BCUT2D eigenvalue weighted by Crippen LogP contribution is 2.18. The average Bonchev–Trinajstić information content (AvgIpc) is 1.87. The molecular formula is C9H18N2. The molecule has 0 amide bonds. The molecule has 0 heterocycles. The van der Waals surface area contributed by atoms with E-state index < -0.39 is 0 Å². The van der Waals surface area contributed by atoms with Crippen LogP contribution in [-0.4, -0.2) is 11.9 Å². The minimum atomic E-state index is 0.154. The molecule has 11 heavy (non-hydrogen) atoms. The number of rotatable bonds is 2. The fourth-order valence-electron chi connectivity index (χ4n) is 0.878. The van der Waals surface area contributed by atoms with E-state index in [1.807, 2.05) is 6.92 Å². The van der Waals surface area contributed by atoms with E-state index >= 15 is 0 Å². The lowest BCUT2D eigenvalue weighted by Crippen LogP contribution is -2.18. The molecule has 0 unspecified atom stereocenters. The van der Waals surface area contributed by atoms with Crippen LogP contribution >= 0.6 is 0 Å². The van der Waals surface area contributed by atoms with Crippen LogP contribution in [0.5, 0.6) is 0 Å². The molecule has 2 heteroatoms. The van der Waals surface area contributed by atoms with Crippen molar-refractivity contribution in [3.05, 3.63) is 0 Å². The maximum atomic E-state index is 4.12. The summed E-state index contributed by atoms with van der Waals surface area (Å²) in [4.78, 5) is 0. The van der Waals surface area contributed by atoms with Gasteiger partial charge in [-0.3, -0.25) is 0 Å². The van der Waals surface area contributed by atoms with Crippen LogP contribution in [0, 0.1) is 5.41 Å². The largest absolute Gasteiger partial charge is 0.164 e. The van der Waals surface area contributed by atoms with Gasteiger partial charge in [-0.1, -0.05) is 27.7 Å². The standard InChI is InChI=1S/C9H18N2/c1-6-8(9(3,4)5)11-10-7-2/h7H,6H2,1-5H3/b10-7+,11-8-. The fourth-order valence-corrected chi connectivity index (χ4v) is 0.878. The van der Waals surface area contributed by atoms with Crippen LogP contribution in [0.25, 0.3) is 0 Å². The van der Waals surface area contributed by atoms with Gasteiger partial charge >= 0.3 is 0 Å². The lowest BCUT2D eigenvalue weighted by atomic mass is 9.89. The Hall–Kier alpha value is -0.660. The molecule has 0 saturated carbocycles. The van der Waals surface area contributed by atoms with Gasteiger partial charge in [0, 0.05) is 17.3 Å². The molecular weight excluding hydrogens is 136 g/mol. The molecule has 0 radical (unpaired) electrons. The Morgan fingerprint density at radius 1 is 1.36 bits per heavy atom. The van der Waals surface area contributed by atoms with Crippen molar-refractivity contribution in [1.29, 1.82) is 0 Å². The third-order valence-electron chi connectivity index (χ3n) is 1.49. The second kappa shape index (κ2) is 4.27. The zero-order valence-electron chi connectivity index (χ0n) is 8.18. The van der Waals surface area contributed by atoms with E-state index in [0.717, 1.165) is 12.1 Å². The molecule has 2 nitrogen and oxygen atoms in total. The fraction of sp³-hybridized carbons (Fsp3) is 0.778. The summed E-state index contributed by atoms with van der Waals surface area (Å²) in [6.45, 7) is 10.4. The Kier molecular flexibility index (Phi) is 4.01. The maximum absolute atomic E-state index is 4.12. The lowest BCUT2D eigenvalue weighted by Gasteiger charge is -2.18. The van der Waals surface area contributed by atoms with Crippen molar-refractivity contribution >= 4 is 11.9 Å².